The van der Waals surface area contributed by atoms with E-state index in [0.717, 1.165) is 25.7 Å². The standard InChI is InChI=1S/C14H23NO5/c1-20-13(17)8-7-11(14(18)19)15-12(16)9-10-5-3-2-4-6-10/h10-11H,2-9H2,1H3,(H,15,16)(H,18,19)/t11-/m0/s1. The Morgan fingerprint density at radius 3 is 2.45 bits per heavy atom. The van der Waals surface area contributed by atoms with Crippen molar-refractivity contribution in [2.75, 3.05) is 7.11 Å². The first kappa shape index (κ1) is 16.5. The molecule has 0 aliphatic heterocycles. The number of hydrogen-bond donors (Lipinski definition) is 2. The fourth-order valence-electron chi connectivity index (χ4n) is 2.53. The van der Waals surface area contributed by atoms with E-state index in [0.29, 0.717) is 12.3 Å². The highest BCUT2D eigenvalue weighted by atomic mass is 16.5. The number of hydrogen-bond acceptors (Lipinski definition) is 4. The van der Waals surface area contributed by atoms with Crippen molar-refractivity contribution in [1.82, 2.24) is 5.32 Å². The molecule has 114 valence electrons. The monoisotopic (exact) mass is 285 g/mol. The number of carboxylic acid groups (broad SMARTS) is 1. The predicted octanol–water partition coefficient (Wildman–Crippen LogP) is 1.48. The molecular weight excluding hydrogens is 262 g/mol. The number of rotatable bonds is 7. The predicted molar refractivity (Wildman–Crippen MR) is 72.0 cm³/mol. The summed E-state index contributed by atoms with van der Waals surface area (Å²) in [4.78, 5) is 33.9. The van der Waals surface area contributed by atoms with Crippen LogP contribution in [0, 0.1) is 5.92 Å². The third-order valence-electron chi connectivity index (χ3n) is 3.70. The summed E-state index contributed by atoms with van der Waals surface area (Å²) in [7, 11) is 1.25. The van der Waals surface area contributed by atoms with Crippen molar-refractivity contribution in [2.45, 2.75) is 57.4 Å². The van der Waals surface area contributed by atoms with Crippen LogP contribution in [0.1, 0.15) is 51.4 Å². The topological polar surface area (TPSA) is 92.7 Å². The Morgan fingerprint density at radius 1 is 1.25 bits per heavy atom. The van der Waals surface area contributed by atoms with Gasteiger partial charge in [0.2, 0.25) is 5.91 Å². The summed E-state index contributed by atoms with van der Waals surface area (Å²) in [6.07, 6.45) is 5.98. The van der Waals surface area contributed by atoms with Crippen LogP contribution in [0.25, 0.3) is 0 Å². The van der Waals surface area contributed by atoms with Crippen molar-refractivity contribution in [1.29, 1.82) is 0 Å². The molecule has 1 aliphatic rings. The van der Waals surface area contributed by atoms with Gasteiger partial charge in [0.15, 0.2) is 0 Å². The minimum absolute atomic E-state index is 0.0167. The molecular formula is C14H23NO5. The molecule has 1 atom stereocenters. The zero-order valence-electron chi connectivity index (χ0n) is 11.9. The molecule has 0 spiro atoms. The van der Waals surface area contributed by atoms with Gasteiger partial charge in [-0.2, -0.15) is 0 Å². The molecule has 0 aromatic heterocycles. The van der Waals surface area contributed by atoms with Gasteiger partial charge in [0.25, 0.3) is 0 Å². The second-order valence-electron chi connectivity index (χ2n) is 5.28. The fraction of sp³-hybridized carbons (Fsp3) is 0.786. The largest absolute Gasteiger partial charge is 0.480 e. The molecule has 0 bridgehead atoms. The molecule has 6 heteroatoms. The Bertz CT molecular complexity index is 349. The number of ether oxygens (including phenoxy) is 1. The second-order valence-corrected chi connectivity index (χ2v) is 5.28. The smallest absolute Gasteiger partial charge is 0.326 e. The van der Waals surface area contributed by atoms with E-state index in [9.17, 15) is 14.4 Å². The number of amides is 1. The van der Waals surface area contributed by atoms with Gasteiger partial charge in [0.05, 0.1) is 7.11 Å². The van der Waals surface area contributed by atoms with E-state index < -0.39 is 18.0 Å². The number of carbonyl (C=O) groups excluding carboxylic acids is 2. The minimum Gasteiger partial charge on any atom is -0.480 e. The number of nitrogens with one attached hydrogen (secondary N) is 1. The molecule has 0 unspecified atom stereocenters. The van der Waals surface area contributed by atoms with Gasteiger partial charge in [0, 0.05) is 12.8 Å². The van der Waals surface area contributed by atoms with Gasteiger partial charge in [-0.25, -0.2) is 4.79 Å². The van der Waals surface area contributed by atoms with Crippen LogP contribution in [-0.4, -0.2) is 36.1 Å². The van der Waals surface area contributed by atoms with Crippen LogP contribution in [-0.2, 0) is 19.1 Å². The van der Waals surface area contributed by atoms with Crippen molar-refractivity contribution >= 4 is 17.8 Å². The number of aliphatic carboxylic acids is 1. The van der Waals surface area contributed by atoms with E-state index in [1.165, 1.54) is 13.5 Å². The van der Waals surface area contributed by atoms with Crippen LogP contribution in [0.4, 0.5) is 0 Å². The lowest BCUT2D eigenvalue weighted by molar-refractivity contribution is -0.144. The lowest BCUT2D eigenvalue weighted by atomic mass is 9.87. The van der Waals surface area contributed by atoms with Crippen molar-refractivity contribution in [3.8, 4) is 0 Å². The Balaban J connectivity index is 2.37. The molecule has 1 aliphatic carbocycles. The van der Waals surface area contributed by atoms with Gasteiger partial charge in [-0.05, 0) is 25.2 Å². The minimum atomic E-state index is -1.12. The highest BCUT2D eigenvalue weighted by Crippen LogP contribution is 2.26. The Labute approximate surface area is 118 Å². The third kappa shape index (κ3) is 6.04. The van der Waals surface area contributed by atoms with Crippen molar-refractivity contribution in [3.63, 3.8) is 0 Å². The summed E-state index contributed by atoms with van der Waals surface area (Å²) < 4.78 is 4.46. The normalized spacial score (nSPS) is 17.2. The van der Waals surface area contributed by atoms with Crippen molar-refractivity contribution < 1.29 is 24.2 Å². The van der Waals surface area contributed by atoms with E-state index >= 15 is 0 Å². The summed E-state index contributed by atoms with van der Waals surface area (Å²) in [6, 6.07) is -1.02. The molecule has 1 rings (SSSR count). The first-order valence-electron chi connectivity index (χ1n) is 7.12. The van der Waals surface area contributed by atoms with E-state index in [2.05, 4.69) is 10.1 Å². The lowest BCUT2D eigenvalue weighted by Gasteiger charge is -2.22. The maximum absolute atomic E-state index is 11.8. The quantitative estimate of drug-likeness (QED) is 0.691. The molecule has 6 nitrogen and oxygen atoms in total. The Morgan fingerprint density at radius 2 is 1.90 bits per heavy atom. The zero-order chi connectivity index (χ0) is 15.0. The van der Waals surface area contributed by atoms with Crippen LogP contribution in [0.2, 0.25) is 0 Å². The van der Waals surface area contributed by atoms with Crippen LogP contribution in [0.3, 0.4) is 0 Å². The summed E-state index contributed by atoms with van der Waals surface area (Å²) in [5, 5.41) is 11.5. The van der Waals surface area contributed by atoms with Crippen LogP contribution >= 0.6 is 0 Å². The summed E-state index contributed by atoms with van der Waals surface area (Å²) in [6.45, 7) is 0. The van der Waals surface area contributed by atoms with Crippen LogP contribution < -0.4 is 5.32 Å². The first-order chi connectivity index (χ1) is 9.52. The van der Waals surface area contributed by atoms with Gasteiger partial charge in [-0.3, -0.25) is 9.59 Å². The molecule has 0 saturated heterocycles. The van der Waals surface area contributed by atoms with E-state index in [1.54, 1.807) is 0 Å². The Kier molecular flexibility index (Phi) is 7.04. The van der Waals surface area contributed by atoms with Crippen molar-refractivity contribution in [2.24, 2.45) is 5.92 Å². The molecule has 1 fully saturated rings. The number of esters is 1. The highest BCUT2D eigenvalue weighted by Gasteiger charge is 2.23. The summed E-state index contributed by atoms with van der Waals surface area (Å²) in [5.41, 5.74) is 0. The fourth-order valence-corrected chi connectivity index (χ4v) is 2.53. The molecule has 1 amide bonds. The molecule has 0 radical (unpaired) electrons. The maximum atomic E-state index is 11.8. The SMILES string of the molecule is COC(=O)CC[C@H](NC(=O)CC1CCCCC1)C(=O)O. The number of methoxy groups -OCH3 is 1. The van der Waals surface area contributed by atoms with E-state index in [4.69, 9.17) is 5.11 Å². The zero-order valence-corrected chi connectivity index (χ0v) is 11.9. The highest BCUT2D eigenvalue weighted by molar-refractivity contribution is 5.84. The molecule has 0 aromatic carbocycles. The van der Waals surface area contributed by atoms with Gasteiger partial charge < -0.3 is 15.2 Å². The van der Waals surface area contributed by atoms with Crippen LogP contribution in [0.5, 0.6) is 0 Å². The van der Waals surface area contributed by atoms with Crippen molar-refractivity contribution in [3.05, 3.63) is 0 Å². The number of carboxylic acids is 1. The average Bonchev–Trinajstić information content (AvgIpc) is 2.43. The third-order valence-corrected chi connectivity index (χ3v) is 3.70. The summed E-state index contributed by atoms with van der Waals surface area (Å²) >= 11 is 0. The van der Waals surface area contributed by atoms with Gasteiger partial charge in [0.1, 0.15) is 6.04 Å². The molecule has 0 aromatic rings. The molecule has 20 heavy (non-hydrogen) atoms. The summed E-state index contributed by atoms with van der Waals surface area (Å²) in [5.74, 6) is -1.48. The van der Waals surface area contributed by atoms with Gasteiger partial charge >= 0.3 is 11.9 Å². The van der Waals surface area contributed by atoms with Gasteiger partial charge in [-0.15, -0.1) is 0 Å². The lowest BCUT2D eigenvalue weighted by Crippen LogP contribution is -2.41. The Hall–Kier alpha value is -1.59. The molecule has 0 heterocycles. The van der Waals surface area contributed by atoms with E-state index in [-0.39, 0.29) is 18.7 Å². The first-order valence-corrected chi connectivity index (χ1v) is 7.12. The molecule has 1 saturated carbocycles. The maximum Gasteiger partial charge on any atom is 0.326 e. The van der Waals surface area contributed by atoms with Gasteiger partial charge in [-0.1, -0.05) is 19.3 Å². The van der Waals surface area contributed by atoms with Crippen LogP contribution in [0.15, 0.2) is 0 Å². The number of carbonyl (C=O) groups is 3. The van der Waals surface area contributed by atoms with E-state index in [1.807, 2.05) is 0 Å². The molecule has 2 N–H and O–H groups in total. The average molecular weight is 285 g/mol. The second kappa shape index (κ2) is 8.55.